The van der Waals surface area contributed by atoms with E-state index < -0.39 is 0 Å². The normalized spacial score (nSPS) is 32.5. The van der Waals surface area contributed by atoms with Crippen LogP contribution >= 0.6 is 0 Å². The van der Waals surface area contributed by atoms with Gasteiger partial charge in [-0.2, -0.15) is 0 Å². The van der Waals surface area contributed by atoms with Crippen molar-refractivity contribution in [3.05, 3.63) is 66.1 Å². The second-order valence-electron chi connectivity index (χ2n) is 5.88. The van der Waals surface area contributed by atoms with Gasteiger partial charge in [-0.3, -0.25) is 0 Å². The predicted octanol–water partition coefficient (Wildman–Crippen LogP) is 4.95. The Morgan fingerprint density at radius 1 is 1.05 bits per heavy atom. The van der Waals surface area contributed by atoms with Gasteiger partial charge in [-0.15, -0.1) is 0 Å². The molecule has 19 heavy (non-hydrogen) atoms. The molecule has 0 aromatic heterocycles. The molecule has 0 saturated heterocycles. The first-order valence-electron chi connectivity index (χ1n) is 7.47. The Balaban J connectivity index is 1.89. The van der Waals surface area contributed by atoms with E-state index in [1.54, 1.807) is 0 Å². The van der Waals surface area contributed by atoms with Crippen LogP contribution in [0.15, 0.2) is 48.6 Å². The molecule has 2 aliphatic rings. The van der Waals surface area contributed by atoms with Crippen LogP contribution in [0.1, 0.15) is 36.8 Å². The minimum atomic E-state index is 0.503. The lowest BCUT2D eigenvalue weighted by Gasteiger charge is -2.24. The largest absolute Gasteiger partial charge is 0.0805 e. The highest BCUT2D eigenvalue weighted by atomic mass is 14.4. The minimum absolute atomic E-state index is 0.503. The number of benzene rings is 1. The molecule has 2 radical (unpaired) electrons. The Hall–Kier alpha value is -1.30. The zero-order valence-corrected chi connectivity index (χ0v) is 11.8. The fraction of sp³-hybridized carbons (Fsp3) is 0.421. The van der Waals surface area contributed by atoms with Crippen molar-refractivity contribution in [3.8, 4) is 0 Å². The minimum Gasteiger partial charge on any atom is -0.0805 e. The molecule has 0 nitrogen and oxygen atoms in total. The van der Waals surface area contributed by atoms with Gasteiger partial charge in [0.25, 0.3) is 0 Å². The number of fused-ring (bicyclic) bond motifs is 1. The summed E-state index contributed by atoms with van der Waals surface area (Å²) < 4.78 is 0. The standard InChI is InChI=1S/C19H22/c1-3-6-18-17-8-5-4-7-16(17)13-19(18)15-11-9-14(2)10-12-15/h4-5,7-12,16-19H,3,6H2,1-2H3. The molecular formula is C19H22. The van der Waals surface area contributed by atoms with E-state index in [1.165, 1.54) is 24.0 Å². The Morgan fingerprint density at radius 2 is 1.79 bits per heavy atom. The molecule has 1 aromatic rings. The molecule has 1 fully saturated rings. The second kappa shape index (κ2) is 5.36. The van der Waals surface area contributed by atoms with Crippen LogP contribution in [0.5, 0.6) is 0 Å². The van der Waals surface area contributed by atoms with E-state index in [0.717, 1.165) is 5.92 Å². The lowest BCUT2D eigenvalue weighted by Crippen LogP contribution is -2.15. The van der Waals surface area contributed by atoms with E-state index in [9.17, 15) is 0 Å². The molecule has 0 heteroatoms. The maximum Gasteiger partial charge on any atom is -0.000879 e. The zero-order valence-electron chi connectivity index (χ0n) is 11.8. The molecule has 4 unspecified atom stereocenters. The van der Waals surface area contributed by atoms with Gasteiger partial charge in [0.05, 0.1) is 0 Å². The van der Waals surface area contributed by atoms with E-state index in [1.807, 2.05) is 0 Å². The molecule has 4 atom stereocenters. The van der Waals surface area contributed by atoms with Gasteiger partial charge >= 0.3 is 0 Å². The summed E-state index contributed by atoms with van der Waals surface area (Å²) in [6, 6.07) is 9.04. The lowest BCUT2D eigenvalue weighted by atomic mass is 9.80. The third-order valence-corrected chi connectivity index (χ3v) is 4.53. The molecule has 0 N–H and O–H groups in total. The fourth-order valence-electron chi connectivity index (χ4n) is 3.56. The highest BCUT2D eigenvalue weighted by molar-refractivity contribution is 5.34. The van der Waals surface area contributed by atoms with Crippen molar-refractivity contribution in [2.75, 3.05) is 0 Å². The van der Waals surface area contributed by atoms with Gasteiger partial charge < -0.3 is 0 Å². The number of aryl methyl sites for hydroxylation is 1. The summed E-state index contributed by atoms with van der Waals surface area (Å²) >= 11 is 0. The maximum absolute atomic E-state index is 3.83. The highest BCUT2D eigenvalue weighted by Gasteiger charge is 2.41. The van der Waals surface area contributed by atoms with Crippen molar-refractivity contribution in [1.29, 1.82) is 0 Å². The summed E-state index contributed by atoms with van der Waals surface area (Å²) in [4.78, 5) is 0. The summed E-state index contributed by atoms with van der Waals surface area (Å²) in [5, 5.41) is 0. The molecule has 98 valence electrons. The Labute approximate surface area is 117 Å². The maximum atomic E-state index is 3.83. The van der Waals surface area contributed by atoms with Crippen molar-refractivity contribution in [3.63, 3.8) is 0 Å². The SMILES string of the molecule is CCCC1C(c2ccc(C)cc2)[C]C2C=CC=CC21. The van der Waals surface area contributed by atoms with E-state index in [-0.39, 0.29) is 0 Å². The van der Waals surface area contributed by atoms with Crippen molar-refractivity contribution >= 4 is 0 Å². The van der Waals surface area contributed by atoms with E-state index in [4.69, 9.17) is 0 Å². The first-order chi connectivity index (χ1) is 9.29. The molecule has 0 aliphatic heterocycles. The molecule has 0 bridgehead atoms. The van der Waals surface area contributed by atoms with E-state index in [0.29, 0.717) is 17.8 Å². The number of rotatable bonds is 3. The Kier molecular flexibility index (Phi) is 3.59. The zero-order chi connectivity index (χ0) is 13.2. The van der Waals surface area contributed by atoms with Crippen LogP contribution in [-0.4, -0.2) is 0 Å². The smallest absolute Gasteiger partial charge is 0.000879 e. The molecule has 0 amide bonds. The van der Waals surface area contributed by atoms with Gasteiger partial charge in [-0.05, 0) is 49.0 Å². The topological polar surface area (TPSA) is 0 Å². The van der Waals surface area contributed by atoms with Crippen molar-refractivity contribution in [2.24, 2.45) is 17.8 Å². The van der Waals surface area contributed by atoms with Gasteiger partial charge in [0.15, 0.2) is 0 Å². The number of hydrogen-bond donors (Lipinski definition) is 0. The van der Waals surface area contributed by atoms with Gasteiger partial charge in [0.2, 0.25) is 0 Å². The van der Waals surface area contributed by atoms with Crippen LogP contribution in [0.3, 0.4) is 0 Å². The highest BCUT2D eigenvalue weighted by Crippen LogP contribution is 2.50. The van der Waals surface area contributed by atoms with Crippen molar-refractivity contribution in [2.45, 2.75) is 32.6 Å². The first-order valence-corrected chi connectivity index (χ1v) is 7.47. The van der Waals surface area contributed by atoms with Crippen LogP contribution < -0.4 is 0 Å². The van der Waals surface area contributed by atoms with Crippen LogP contribution in [0.2, 0.25) is 0 Å². The summed E-state index contributed by atoms with van der Waals surface area (Å²) in [6.07, 6.45) is 15.5. The first kappa shape index (κ1) is 12.7. The molecular weight excluding hydrogens is 228 g/mol. The molecule has 0 heterocycles. The Morgan fingerprint density at radius 3 is 2.53 bits per heavy atom. The van der Waals surface area contributed by atoms with Gasteiger partial charge in [0.1, 0.15) is 0 Å². The Bertz CT molecular complexity index is 477. The lowest BCUT2D eigenvalue weighted by molar-refractivity contribution is 0.367. The van der Waals surface area contributed by atoms with Gasteiger partial charge in [-0.1, -0.05) is 67.5 Å². The van der Waals surface area contributed by atoms with Crippen molar-refractivity contribution in [1.82, 2.24) is 0 Å². The number of hydrogen-bond acceptors (Lipinski definition) is 0. The monoisotopic (exact) mass is 250 g/mol. The molecule has 1 aromatic carbocycles. The molecule has 0 spiro atoms. The average molecular weight is 250 g/mol. The average Bonchev–Trinajstić information content (AvgIpc) is 2.79. The third kappa shape index (κ3) is 2.41. The van der Waals surface area contributed by atoms with E-state index >= 15 is 0 Å². The second-order valence-corrected chi connectivity index (χ2v) is 5.88. The van der Waals surface area contributed by atoms with Crippen LogP contribution in [0, 0.1) is 31.1 Å². The van der Waals surface area contributed by atoms with E-state index in [2.05, 4.69) is 68.8 Å². The van der Waals surface area contributed by atoms with Crippen LogP contribution in [0.25, 0.3) is 0 Å². The summed E-state index contributed by atoms with van der Waals surface area (Å²) in [7, 11) is 0. The molecule has 1 saturated carbocycles. The summed E-state index contributed by atoms with van der Waals surface area (Å²) in [5.74, 6) is 2.41. The third-order valence-electron chi connectivity index (χ3n) is 4.53. The van der Waals surface area contributed by atoms with Crippen LogP contribution in [0.4, 0.5) is 0 Å². The summed E-state index contributed by atoms with van der Waals surface area (Å²) in [6.45, 7) is 4.45. The van der Waals surface area contributed by atoms with Gasteiger partial charge in [0, 0.05) is 0 Å². The predicted molar refractivity (Wildman–Crippen MR) is 80.8 cm³/mol. The molecule has 2 aliphatic carbocycles. The van der Waals surface area contributed by atoms with Gasteiger partial charge in [-0.25, -0.2) is 0 Å². The van der Waals surface area contributed by atoms with Crippen molar-refractivity contribution < 1.29 is 0 Å². The number of allylic oxidation sites excluding steroid dienone is 4. The fourth-order valence-corrected chi connectivity index (χ4v) is 3.56. The van der Waals surface area contributed by atoms with Crippen LogP contribution in [-0.2, 0) is 0 Å². The summed E-state index contributed by atoms with van der Waals surface area (Å²) in [5.41, 5.74) is 2.78. The quantitative estimate of drug-likeness (QED) is 0.712. The molecule has 3 rings (SSSR count).